The lowest BCUT2D eigenvalue weighted by Crippen LogP contribution is -2.58. The van der Waals surface area contributed by atoms with Crippen LogP contribution in [0, 0.1) is 0 Å². The summed E-state index contributed by atoms with van der Waals surface area (Å²) >= 11 is 6.71. The number of amides is 5. The van der Waals surface area contributed by atoms with E-state index in [4.69, 9.17) is 5.73 Å². The highest BCUT2D eigenvalue weighted by atomic mass is 79.9. The molecule has 0 saturated carbocycles. The quantitative estimate of drug-likeness (QED) is 0.158. The maximum Gasteiger partial charge on any atom is 0.318 e. The number of phenolic OH excluding ortho intramolecular Hbond substituents is 1. The van der Waals surface area contributed by atoms with Crippen LogP contribution in [-0.2, 0) is 20.8 Å². The van der Waals surface area contributed by atoms with Gasteiger partial charge in [-0.05, 0) is 125 Å². The number of hydrogen-bond donors (Lipinski definition) is 6. The maximum absolute atomic E-state index is 14.0. The molecule has 0 spiro atoms. The van der Waals surface area contributed by atoms with Crippen LogP contribution in [-0.4, -0.2) is 108 Å². The first-order valence-corrected chi connectivity index (χ1v) is 18.5. The first-order chi connectivity index (χ1) is 23.6. The Morgan fingerprint density at radius 3 is 2.18 bits per heavy atom. The van der Waals surface area contributed by atoms with Gasteiger partial charge in [0.2, 0.25) is 17.7 Å². The molecule has 0 bridgehead atoms. The van der Waals surface area contributed by atoms with Crippen molar-refractivity contribution in [3.63, 3.8) is 0 Å². The normalized spacial score (nSPS) is 16.9. The van der Waals surface area contributed by atoms with Crippen molar-refractivity contribution in [1.29, 1.82) is 0 Å². The molecule has 5 amide bonds. The molecule has 2 atom stereocenters. The van der Waals surface area contributed by atoms with E-state index in [-0.39, 0.29) is 42.6 Å². The van der Waals surface area contributed by atoms with Crippen LogP contribution >= 0.6 is 31.9 Å². The lowest BCUT2D eigenvalue weighted by molar-refractivity contribution is -0.138. The van der Waals surface area contributed by atoms with Gasteiger partial charge in [-0.15, -0.1) is 0 Å². The van der Waals surface area contributed by atoms with Crippen molar-refractivity contribution in [2.45, 2.75) is 75.4 Å². The highest BCUT2D eigenvalue weighted by Crippen LogP contribution is 2.34. The SMILES string of the molecule is CNC(=O)CNC1CCN(C(=O)N[C@H](Cc2cc(Br)c(O)c(Br)c2)C(=O)N[C@@H](CCCCN)C(=O)N2CCC(c3ccncc3)CC2)CC1. The Hall–Kier alpha value is -3.27. The number of carbonyl (C=O) groups is 4. The third-order valence-electron chi connectivity index (χ3n) is 9.29. The Morgan fingerprint density at radius 1 is 0.939 bits per heavy atom. The fourth-order valence-corrected chi connectivity index (χ4v) is 7.63. The minimum Gasteiger partial charge on any atom is -0.506 e. The number of phenols is 1. The highest BCUT2D eigenvalue weighted by Gasteiger charge is 2.33. The molecule has 0 aliphatic carbocycles. The topological polar surface area (TPSA) is 182 Å². The maximum atomic E-state index is 14.0. The summed E-state index contributed by atoms with van der Waals surface area (Å²) in [6.45, 7) is 2.77. The van der Waals surface area contributed by atoms with E-state index < -0.39 is 18.0 Å². The van der Waals surface area contributed by atoms with Gasteiger partial charge in [-0.3, -0.25) is 19.4 Å². The molecular formula is C34H48Br2N8O5. The van der Waals surface area contributed by atoms with E-state index in [1.807, 2.05) is 17.0 Å². The van der Waals surface area contributed by atoms with Crippen LogP contribution in [0.1, 0.15) is 62.0 Å². The smallest absolute Gasteiger partial charge is 0.318 e. The Bertz CT molecular complexity index is 1400. The summed E-state index contributed by atoms with van der Waals surface area (Å²) in [4.78, 5) is 60.7. The number of unbranched alkanes of at least 4 members (excludes halogenated alkanes) is 1. The number of aromatic nitrogens is 1. The average molecular weight is 809 g/mol. The third-order valence-corrected chi connectivity index (χ3v) is 10.5. The monoisotopic (exact) mass is 806 g/mol. The van der Waals surface area contributed by atoms with E-state index in [9.17, 15) is 24.3 Å². The van der Waals surface area contributed by atoms with Crippen LogP contribution in [0.2, 0.25) is 0 Å². The molecule has 2 saturated heterocycles. The average Bonchev–Trinajstić information content (AvgIpc) is 3.12. The van der Waals surface area contributed by atoms with Crippen LogP contribution in [0.3, 0.4) is 0 Å². The number of hydrogen-bond acceptors (Lipinski definition) is 8. The van der Waals surface area contributed by atoms with E-state index in [1.165, 1.54) is 5.56 Å². The van der Waals surface area contributed by atoms with Gasteiger partial charge in [-0.1, -0.05) is 0 Å². The molecule has 1 aromatic carbocycles. The zero-order valence-electron chi connectivity index (χ0n) is 27.9. The van der Waals surface area contributed by atoms with Gasteiger partial charge in [0.05, 0.1) is 15.5 Å². The Morgan fingerprint density at radius 2 is 1.57 bits per heavy atom. The molecule has 3 heterocycles. The molecular weight excluding hydrogens is 760 g/mol. The summed E-state index contributed by atoms with van der Waals surface area (Å²) in [7, 11) is 1.59. The first-order valence-electron chi connectivity index (χ1n) is 16.9. The molecule has 2 aromatic rings. The van der Waals surface area contributed by atoms with Crippen LogP contribution < -0.4 is 27.0 Å². The van der Waals surface area contributed by atoms with Crippen molar-refractivity contribution in [2.75, 3.05) is 46.3 Å². The Kier molecular flexibility index (Phi) is 15.1. The van der Waals surface area contributed by atoms with Crippen molar-refractivity contribution in [3.05, 3.63) is 56.7 Å². The number of aromatic hydroxyl groups is 1. The van der Waals surface area contributed by atoms with Gasteiger partial charge in [0.25, 0.3) is 0 Å². The predicted molar refractivity (Wildman–Crippen MR) is 194 cm³/mol. The van der Waals surface area contributed by atoms with Gasteiger partial charge in [-0.25, -0.2) is 4.79 Å². The molecule has 49 heavy (non-hydrogen) atoms. The number of nitrogens with zero attached hydrogens (tertiary/aromatic N) is 3. The van der Waals surface area contributed by atoms with Crippen molar-refractivity contribution >= 4 is 55.6 Å². The highest BCUT2D eigenvalue weighted by molar-refractivity contribution is 9.11. The number of likely N-dealkylation sites (tertiary alicyclic amines) is 2. The molecule has 15 heteroatoms. The van der Waals surface area contributed by atoms with E-state index in [0.717, 1.165) is 12.8 Å². The minimum absolute atomic E-state index is 0.0277. The van der Waals surface area contributed by atoms with Crippen LogP contribution in [0.25, 0.3) is 0 Å². The molecule has 7 N–H and O–H groups in total. The van der Waals surface area contributed by atoms with Crippen LogP contribution in [0.5, 0.6) is 5.75 Å². The molecule has 1 aromatic heterocycles. The zero-order chi connectivity index (χ0) is 35.3. The summed E-state index contributed by atoms with van der Waals surface area (Å²) in [5.74, 6) is -0.327. The summed E-state index contributed by atoms with van der Waals surface area (Å²) in [5.41, 5.74) is 7.67. The molecule has 2 aliphatic heterocycles. The summed E-state index contributed by atoms with van der Waals surface area (Å²) in [6, 6.07) is 5.39. The van der Waals surface area contributed by atoms with Gasteiger partial charge in [-0.2, -0.15) is 0 Å². The summed E-state index contributed by atoms with van der Waals surface area (Å²) < 4.78 is 0.886. The molecule has 2 aliphatic rings. The third kappa shape index (κ3) is 11.4. The molecule has 2 fully saturated rings. The first kappa shape index (κ1) is 38.5. The number of piperidine rings is 2. The van der Waals surface area contributed by atoms with Gasteiger partial charge in [0, 0.05) is 58.1 Å². The number of likely N-dealkylation sites (N-methyl/N-ethyl adjacent to an activating group) is 1. The van der Waals surface area contributed by atoms with Gasteiger partial charge in [0.15, 0.2) is 0 Å². The van der Waals surface area contributed by atoms with Crippen molar-refractivity contribution in [2.24, 2.45) is 5.73 Å². The van der Waals surface area contributed by atoms with Crippen LogP contribution in [0.15, 0.2) is 45.6 Å². The number of nitrogens with one attached hydrogen (secondary N) is 4. The molecule has 0 unspecified atom stereocenters. The van der Waals surface area contributed by atoms with Gasteiger partial charge >= 0.3 is 6.03 Å². The lowest BCUT2D eigenvalue weighted by atomic mass is 9.89. The van der Waals surface area contributed by atoms with Gasteiger partial charge < -0.3 is 41.9 Å². The Balaban J connectivity index is 1.45. The molecule has 0 radical (unpaired) electrons. The number of carbonyl (C=O) groups excluding carboxylic acids is 4. The number of rotatable bonds is 14. The van der Waals surface area contributed by atoms with Crippen molar-refractivity contribution < 1.29 is 24.3 Å². The largest absolute Gasteiger partial charge is 0.506 e. The number of nitrogens with two attached hydrogens (primary N) is 1. The fourth-order valence-electron chi connectivity index (χ4n) is 6.34. The van der Waals surface area contributed by atoms with Crippen molar-refractivity contribution in [3.8, 4) is 5.75 Å². The van der Waals surface area contributed by atoms with Crippen LogP contribution in [0.4, 0.5) is 4.79 Å². The van der Waals surface area contributed by atoms with E-state index >= 15 is 0 Å². The number of halogens is 2. The zero-order valence-corrected chi connectivity index (χ0v) is 31.1. The second-order valence-electron chi connectivity index (χ2n) is 12.7. The lowest BCUT2D eigenvalue weighted by Gasteiger charge is -2.35. The number of benzene rings is 1. The summed E-state index contributed by atoms with van der Waals surface area (Å²) in [5, 5.41) is 22.0. The second kappa shape index (κ2) is 19.2. The predicted octanol–water partition coefficient (Wildman–Crippen LogP) is 2.75. The number of pyridine rings is 1. The molecule has 268 valence electrons. The molecule has 13 nitrogen and oxygen atoms in total. The Labute approximate surface area is 304 Å². The van der Waals surface area contributed by atoms with E-state index in [1.54, 1.807) is 36.5 Å². The number of urea groups is 1. The van der Waals surface area contributed by atoms with Crippen molar-refractivity contribution in [1.82, 2.24) is 36.1 Å². The van der Waals surface area contributed by atoms with Gasteiger partial charge in [0.1, 0.15) is 17.8 Å². The fraction of sp³-hybridized carbons (Fsp3) is 0.559. The minimum atomic E-state index is -0.998. The van der Waals surface area contributed by atoms with E-state index in [0.29, 0.717) is 85.3 Å². The summed E-state index contributed by atoms with van der Waals surface area (Å²) in [6.07, 6.45) is 8.47. The van der Waals surface area contributed by atoms with E-state index in [2.05, 4.69) is 58.1 Å². The second-order valence-corrected chi connectivity index (χ2v) is 14.4. The standard InChI is InChI=1S/C34H48Br2N8O5/c1-38-30(45)21-40-25-9-16-44(17-10-25)34(49)42-29(20-22-18-26(35)31(46)27(36)19-22)32(47)41-28(4-2-3-11-37)33(48)43-14-7-24(8-15-43)23-5-12-39-13-6-23/h5-6,12-13,18-19,24-25,28-29,40,46H,2-4,7-11,14-17,20-21,37H2,1H3,(H,38,45)(H,41,47)(H,42,49)/t28-,29+/m0/s1. The molecule has 4 rings (SSSR count).